The van der Waals surface area contributed by atoms with E-state index in [9.17, 15) is 4.79 Å². The van der Waals surface area contributed by atoms with E-state index in [4.69, 9.17) is 9.52 Å². The van der Waals surface area contributed by atoms with Crippen molar-refractivity contribution in [3.63, 3.8) is 0 Å². The highest BCUT2D eigenvalue weighted by molar-refractivity contribution is 5.98. The maximum atomic E-state index is 12.3. The molecule has 1 aliphatic rings. The summed E-state index contributed by atoms with van der Waals surface area (Å²) in [6.07, 6.45) is 1.69. The van der Waals surface area contributed by atoms with Gasteiger partial charge in [0.2, 0.25) is 0 Å². The second-order valence-corrected chi connectivity index (χ2v) is 5.43. The lowest BCUT2D eigenvalue weighted by atomic mass is 9.98. The molecule has 3 rings (SSSR count). The molecule has 0 spiro atoms. The standard InChI is InChI=1S/C15H19N3O3/c1-10-16-14-12(3-2-4-13(14)21-10)17-15(20)18-7-5-11(9-19)6-8-18/h2-4,11,19H,5-9H2,1H3,(H,17,20). The minimum Gasteiger partial charge on any atom is -0.441 e. The summed E-state index contributed by atoms with van der Waals surface area (Å²) in [7, 11) is 0. The van der Waals surface area contributed by atoms with Crippen molar-refractivity contribution in [1.29, 1.82) is 0 Å². The number of benzene rings is 1. The molecule has 2 aromatic rings. The summed E-state index contributed by atoms with van der Waals surface area (Å²) in [6, 6.07) is 5.36. The average Bonchev–Trinajstić information content (AvgIpc) is 2.88. The summed E-state index contributed by atoms with van der Waals surface area (Å²) in [5.74, 6) is 0.895. The molecule has 2 N–H and O–H groups in total. The molecule has 0 saturated carbocycles. The topological polar surface area (TPSA) is 78.6 Å². The Morgan fingerprint density at radius 1 is 1.48 bits per heavy atom. The number of nitrogens with zero attached hydrogens (tertiary/aromatic N) is 2. The largest absolute Gasteiger partial charge is 0.441 e. The Morgan fingerprint density at radius 2 is 2.24 bits per heavy atom. The SMILES string of the molecule is Cc1nc2c(NC(=O)N3CCC(CO)CC3)cccc2o1. The highest BCUT2D eigenvalue weighted by atomic mass is 16.3. The summed E-state index contributed by atoms with van der Waals surface area (Å²) in [4.78, 5) is 18.4. The molecule has 21 heavy (non-hydrogen) atoms. The van der Waals surface area contributed by atoms with Crippen LogP contribution in [0.15, 0.2) is 22.6 Å². The Kier molecular flexibility index (Phi) is 3.79. The second-order valence-electron chi connectivity index (χ2n) is 5.43. The van der Waals surface area contributed by atoms with Crippen molar-refractivity contribution in [2.45, 2.75) is 19.8 Å². The molecule has 0 aliphatic carbocycles. The zero-order chi connectivity index (χ0) is 14.8. The van der Waals surface area contributed by atoms with Crippen LogP contribution in [0.2, 0.25) is 0 Å². The Bertz CT molecular complexity index is 645. The number of hydrogen-bond donors (Lipinski definition) is 2. The highest BCUT2D eigenvalue weighted by Crippen LogP contribution is 2.24. The fourth-order valence-electron chi connectivity index (χ4n) is 2.67. The number of hydrogen-bond acceptors (Lipinski definition) is 4. The molecular formula is C15H19N3O3. The quantitative estimate of drug-likeness (QED) is 0.889. The minimum atomic E-state index is -0.125. The smallest absolute Gasteiger partial charge is 0.321 e. The van der Waals surface area contributed by atoms with E-state index in [1.54, 1.807) is 11.8 Å². The van der Waals surface area contributed by atoms with Gasteiger partial charge in [-0.25, -0.2) is 9.78 Å². The van der Waals surface area contributed by atoms with Crippen LogP contribution in [0.4, 0.5) is 10.5 Å². The number of carbonyl (C=O) groups excluding carboxylic acids is 1. The maximum absolute atomic E-state index is 12.3. The molecule has 1 aromatic heterocycles. The summed E-state index contributed by atoms with van der Waals surface area (Å²) in [5, 5.41) is 12.0. The van der Waals surface area contributed by atoms with Gasteiger partial charge >= 0.3 is 6.03 Å². The molecule has 2 heterocycles. The van der Waals surface area contributed by atoms with Gasteiger partial charge in [-0.05, 0) is 30.9 Å². The molecule has 1 saturated heterocycles. The fourth-order valence-corrected chi connectivity index (χ4v) is 2.67. The zero-order valence-corrected chi connectivity index (χ0v) is 12.0. The fraction of sp³-hybridized carbons (Fsp3) is 0.467. The van der Waals surface area contributed by atoms with Crippen LogP contribution in [-0.4, -0.2) is 40.7 Å². The number of fused-ring (bicyclic) bond motifs is 1. The van der Waals surface area contributed by atoms with Gasteiger partial charge in [-0.3, -0.25) is 0 Å². The summed E-state index contributed by atoms with van der Waals surface area (Å²) in [5.41, 5.74) is 2.01. The Labute approximate surface area is 122 Å². The number of para-hydroxylation sites is 1. The van der Waals surface area contributed by atoms with Gasteiger partial charge in [0, 0.05) is 26.6 Å². The van der Waals surface area contributed by atoms with Crippen molar-refractivity contribution in [2.75, 3.05) is 25.0 Å². The minimum absolute atomic E-state index is 0.125. The normalized spacial score (nSPS) is 16.4. The summed E-state index contributed by atoms with van der Waals surface area (Å²) in [6.45, 7) is 3.33. The van der Waals surface area contributed by atoms with Gasteiger partial charge in [0.15, 0.2) is 11.5 Å². The van der Waals surface area contributed by atoms with Crippen molar-refractivity contribution in [2.24, 2.45) is 5.92 Å². The molecule has 112 valence electrons. The number of amides is 2. The number of urea groups is 1. The van der Waals surface area contributed by atoms with Crippen molar-refractivity contribution < 1.29 is 14.3 Å². The third-order valence-corrected chi connectivity index (χ3v) is 3.93. The maximum Gasteiger partial charge on any atom is 0.321 e. The monoisotopic (exact) mass is 289 g/mol. The third kappa shape index (κ3) is 2.85. The predicted octanol–water partition coefficient (Wildman–Crippen LogP) is 2.37. The van der Waals surface area contributed by atoms with Crippen LogP contribution >= 0.6 is 0 Å². The molecule has 0 bridgehead atoms. The van der Waals surface area contributed by atoms with E-state index in [0.717, 1.165) is 12.8 Å². The van der Waals surface area contributed by atoms with Crippen LogP contribution < -0.4 is 5.32 Å². The number of aliphatic hydroxyl groups is 1. The molecule has 0 radical (unpaired) electrons. The van der Waals surface area contributed by atoms with E-state index >= 15 is 0 Å². The number of rotatable bonds is 2. The van der Waals surface area contributed by atoms with Crippen molar-refractivity contribution >= 4 is 22.8 Å². The number of carbonyl (C=O) groups is 1. The van der Waals surface area contributed by atoms with Crippen LogP contribution in [0.3, 0.4) is 0 Å². The molecule has 6 heteroatoms. The number of nitrogens with one attached hydrogen (secondary N) is 1. The van der Waals surface area contributed by atoms with Gasteiger partial charge in [-0.1, -0.05) is 6.07 Å². The predicted molar refractivity (Wildman–Crippen MR) is 79.1 cm³/mol. The van der Waals surface area contributed by atoms with Gasteiger partial charge < -0.3 is 19.7 Å². The Balaban J connectivity index is 1.72. The average molecular weight is 289 g/mol. The number of anilines is 1. The molecule has 1 aromatic carbocycles. The van der Waals surface area contributed by atoms with E-state index in [1.165, 1.54) is 0 Å². The number of aliphatic hydroxyl groups excluding tert-OH is 1. The van der Waals surface area contributed by atoms with E-state index in [-0.39, 0.29) is 12.6 Å². The molecule has 6 nitrogen and oxygen atoms in total. The first kappa shape index (κ1) is 13.9. The Morgan fingerprint density at radius 3 is 2.95 bits per heavy atom. The molecule has 2 amide bonds. The first-order chi connectivity index (χ1) is 10.2. The van der Waals surface area contributed by atoms with Gasteiger partial charge in [0.1, 0.15) is 5.52 Å². The van der Waals surface area contributed by atoms with Crippen LogP contribution in [0.1, 0.15) is 18.7 Å². The number of piperidine rings is 1. The van der Waals surface area contributed by atoms with Crippen molar-refractivity contribution in [3.8, 4) is 0 Å². The van der Waals surface area contributed by atoms with Gasteiger partial charge in [0.25, 0.3) is 0 Å². The highest BCUT2D eigenvalue weighted by Gasteiger charge is 2.22. The lowest BCUT2D eigenvalue weighted by Gasteiger charge is -2.31. The van der Waals surface area contributed by atoms with Gasteiger partial charge in [-0.15, -0.1) is 0 Å². The number of likely N-dealkylation sites (tertiary alicyclic amines) is 1. The summed E-state index contributed by atoms with van der Waals surface area (Å²) >= 11 is 0. The van der Waals surface area contributed by atoms with E-state index in [1.807, 2.05) is 18.2 Å². The van der Waals surface area contributed by atoms with E-state index in [2.05, 4.69) is 10.3 Å². The molecular weight excluding hydrogens is 270 g/mol. The van der Waals surface area contributed by atoms with Gasteiger partial charge in [0.05, 0.1) is 5.69 Å². The molecule has 1 aliphatic heterocycles. The van der Waals surface area contributed by atoms with Crippen molar-refractivity contribution in [1.82, 2.24) is 9.88 Å². The first-order valence-corrected chi connectivity index (χ1v) is 7.20. The first-order valence-electron chi connectivity index (χ1n) is 7.20. The van der Waals surface area contributed by atoms with Crippen molar-refractivity contribution in [3.05, 3.63) is 24.1 Å². The van der Waals surface area contributed by atoms with Crippen LogP contribution in [0.25, 0.3) is 11.1 Å². The molecule has 0 atom stereocenters. The second kappa shape index (κ2) is 5.73. The Hall–Kier alpha value is -2.08. The number of aryl methyl sites for hydroxylation is 1. The van der Waals surface area contributed by atoms with Crippen LogP contribution in [0, 0.1) is 12.8 Å². The molecule has 0 unspecified atom stereocenters. The number of oxazole rings is 1. The zero-order valence-electron chi connectivity index (χ0n) is 12.0. The van der Waals surface area contributed by atoms with Crippen LogP contribution in [-0.2, 0) is 0 Å². The van der Waals surface area contributed by atoms with E-state index < -0.39 is 0 Å². The molecule has 1 fully saturated rings. The lowest BCUT2D eigenvalue weighted by molar-refractivity contribution is 0.143. The third-order valence-electron chi connectivity index (χ3n) is 3.93. The van der Waals surface area contributed by atoms with Gasteiger partial charge in [-0.2, -0.15) is 0 Å². The summed E-state index contributed by atoms with van der Waals surface area (Å²) < 4.78 is 5.46. The number of aromatic nitrogens is 1. The van der Waals surface area contributed by atoms with E-state index in [0.29, 0.717) is 41.7 Å². The lowest BCUT2D eigenvalue weighted by Crippen LogP contribution is -2.41. The van der Waals surface area contributed by atoms with Crippen LogP contribution in [0.5, 0.6) is 0 Å².